The molecule has 0 unspecified atom stereocenters. The fourth-order valence-electron chi connectivity index (χ4n) is 4.32. The molecule has 4 rings (SSSR count). The first-order valence-electron chi connectivity index (χ1n) is 13.2. The zero-order valence-corrected chi connectivity index (χ0v) is 25.3. The topological polar surface area (TPSA) is 108 Å². The van der Waals surface area contributed by atoms with Crippen LogP contribution in [0.3, 0.4) is 0 Å². The Morgan fingerprint density at radius 3 is 2.40 bits per heavy atom. The molecule has 1 aliphatic heterocycles. The Morgan fingerprint density at radius 2 is 1.76 bits per heavy atom. The lowest BCUT2D eigenvalue weighted by atomic mass is 10.1. The van der Waals surface area contributed by atoms with Gasteiger partial charge in [0.1, 0.15) is 5.75 Å². The van der Waals surface area contributed by atoms with Gasteiger partial charge in [-0.15, -0.1) is 0 Å². The smallest absolute Gasteiger partial charge is 0.271 e. The number of carbonyl (C=O) groups is 2. The van der Waals surface area contributed by atoms with Gasteiger partial charge in [-0.3, -0.25) is 24.6 Å². The maximum atomic E-state index is 13.4. The number of amides is 2. The highest BCUT2D eigenvalue weighted by molar-refractivity contribution is 8.27. The summed E-state index contributed by atoms with van der Waals surface area (Å²) in [6.07, 6.45) is 1.72. The van der Waals surface area contributed by atoms with Crippen LogP contribution in [0.4, 0.5) is 28.4 Å². The number of nitrogens with one attached hydrogen (secondary N) is 1. The molecule has 0 bridgehead atoms. The van der Waals surface area contributed by atoms with Crippen LogP contribution in [0.1, 0.15) is 19.4 Å². The zero-order chi connectivity index (χ0) is 30.4. The van der Waals surface area contributed by atoms with E-state index in [0.717, 1.165) is 24.5 Å². The summed E-state index contributed by atoms with van der Waals surface area (Å²) in [5.74, 6) is -0.318. The molecule has 3 aromatic carbocycles. The lowest BCUT2D eigenvalue weighted by Crippen LogP contribution is -2.27. The molecule has 0 radical (unpaired) electrons. The number of thiocarbonyl (C=S) groups is 1. The molecule has 0 atom stereocenters. The minimum atomic E-state index is -0.529. The van der Waals surface area contributed by atoms with Gasteiger partial charge in [0, 0.05) is 68.0 Å². The van der Waals surface area contributed by atoms with E-state index in [1.54, 1.807) is 12.1 Å². The molecular formula is C30H31N5O5S2. The van der Waals surface area contributed by atoms with E-state index in [1.807, 2.05) is 75.3 Å². The molecule has 10 nitrogen and oxygen atoms in total. The first kappa shape index (κ1) is 30.5. The Labute approximate surface area is 254 Å². The third kappa shape index (κ3) is 7.07. The number of ether oxygens (including phenoxy) is 1. The monoisotopic (exact) mass is 605 g/mol. The van der Waals surface area contributed by atoms with Gasteiger partial charge in [0.25, 0.3) is 17.5 Å². The van der Waals surface area contributed by atoms with E-state index < -0.39 is 10.8 Å². The van der Waals surface area contributed by atoms with E-state index in [1.165, 1.54) is 34.9 Å². The number of rotatable bonds is 11. The van der Waals surface area contributed by atoms with Gasteiger partial charge in [-0.2, -0.15) is 0 Å². The molecule has 0 spiro atoms. The molecule has 1 aliphatic rings. The molecule has 3 aromatic rings. The number of non-ortho nitro benzene ring substituents is 1. The molecule has 1 fully saturated rings. The van der Waals surface area contributed by atoms with E-state index in [9.17, 15) is 19.7 Å². The van der Waals surface area contributed by atoms with Gasteiger partial charge in [0.05, 0.1) is 15.5 Å². The van der Waals surface area contributed by atoms with Gasteiger partial charge >= 0.3 is 0 Å². The number of benzene rings is 3. The fourth-order valence-corrected chi connectivity index (χ4v) is 5.61. The van der Waals surface area contributed by atoms with Crippen molar-refractivity contribution in [2.24, 2.45) is 0 Å². The van der Waals surface area contributed by atoms with Gasteiger partial charge in [-0.1, -0.05) is 30.0 Å². The molecule has 1 heterocycles. The number of nitro groups is 1. The van der Waals surface area contributed by atoms with Crippen molar-refractivity contribution >= 4 is 74.6 Å². The van der Waals surface area contributed by atoms with Crippen molar-refractivity contribution in [1.29, 1.82) is 0 Å². The van der Waals surface area contributed by atoms with E-state index in [0.29, 0.717) is 26.2 Å². The van der Waals surface area contributed by atoms with Crippen molar-refractivity contribution in [3.63, 3.8) is 0 Å². The van der Waals surface area contributed by atoms with Crippen molar-refractivity contribution in [2.75, 3.05) is 53.8 Å². The van der Waals surface area contributed by atoms with Crippen LogP contribution in [-0.4, -0.2) is 54.8 Å². The van der Waals surface area contributed by atoms with E-state index >= 15 is 0 Å². The first-order valence-corrected chi connectivity index (χ1v) is 14.4. The van der Waals surface area contributed by atoms with Crippen LogP contribution in [0.15, 0.2) is 71.6 Å². The van der Waals surface area contributed by atoms with Crippen LogP contribution >= 0.6 is 24.0 Å². The minimum Gasteiger partial charge on any atom is -0.483 e. The maximum Gasteiger partial charge on any atom is 0.271 e. The van der Waals surface area contributed by atoms with Crippen molar-refractivity contribution < 1.29 is 19.2 Å². The summed E-state index contributed by atoms with van der Waals surface area (Å²) in [4.78, 5) is 42.7. The number of hydrogen-bond acceptors (Lipinski definition) is 9. The standard InChI is InChI=1S/C30H31N5O5S2/c1-5-33(6-2)24-11-10-20(26(18-24)40-19-28(36)31-21-8-7-9-25(17-21)35(38)39)16-27-29(37)34(30(41)42-27)23-14-12-22(13-15-23)32(3)4/h7-18H,5-6,19H2,1-4H3,(H,31,36)/b27-16+. The van der Waals surface area contributed by atoms with Crippen molar-refractivity contribution in [3.8, 4) is 5.75 Å². The van der Waals surface area contributed by atoms with Crippen molar-refractivity contribution in [1.82, 2.24) is 0 Å². The quantitative estimate of drug-likeness (QED) is 0.123. The summed E-state index contributed by atoms with van der Waals surface area (Å²) < 4.78 is 6.38. The molecule has 12 heteroatoms. The van der Waals surface area contributed by atoms with Crippen LogP contribution in [0.5, 0.6) is 5.75 Å². The SMILES string of the molecule is CCN(CC)c1ccc(/C=C2/SC(=S)N(c3ccc(N(C)C)cc3)C2=O)c(OCC(=O)Nc2cccc([N+](=O)[O-])c2)c1. The summed E-state index contributed by atoms with van der Waals surface area (Å²) >= 11 is 6.75. The van der Waals surface area contributed by atoms with E-state index in [-0.39, 0.29) is 23.9 Å². The summed E-state index contributed by atoms with van der Waals surface area (Å²) in [6, 6.07) is 18.9. The first-order chi connectivity index (χ1) is 20.1. The highest BCUT2D eigenvalue weighted by Crippen LogP contribution is 2.38. The predicted octanol–water partition coefficient (Wildman–Crippen LogP) is 5.93. The second kappa shape index (κ2) is 13.5. The Kier molecular flexibility index (Phi) is 9.81. The van der Waals surface area contributed by atoms with Gasteiger partial charge in [0.15, 0.2) is 10.9 Å². The van der Waals surface area contributed by atoms with Gasteiger partial charge in [-0.05, 0) is 62.4 Å². The lowest BCUT2D eigenvalue weighted by Gasteiger charge is -2.22. The van der Waals surface area contributed by atoms with Crippen molar-refractivity contribution in [2.45, 2.75) is 13.8 Å². The Morgan fingerprint density at radius 1 is 1.07 bits per heavy atom. The van der Waals surface area contributed by atoms with Crippen LogP contribution in [0.2, 0.25) is 0 Å². The van der Waals surface area contributed by atoms with Gasteiger partial charge in [0.2, 0.25) is 0 Å². The van der Waals surface area contributed by atoms with Gasteiger partial charge < -0.3 is 19.9 Å². The van der Waals surface area contributed by atoms with Crippen LogP contribution in [0, 0.1) is 10.1 Å². The largest absolute Gasteiger partial charge is 0.483 e. The average molecular weight is 606 g/mol. The third-order valence-corrected chi connectivity index (χ3v) is 7.83. The third-order valence-electron chi connectivity index (χ3n) is 6.53. The normalized spacial score (nSPS) is 13.8. The Bertz CT molecular complexity index is 1540. The van der Waals surface area contributed by atoms with Crippen molar-refractivity contribution in [3.05, 3.63) is 87.3 Å². The lowest BCUT2D eigenvalue weighted by molar-refractivity contribution is -0.384. The fraction of sp³-hybridized carbons (Fsp3) is 0.233. The zero-order valence-electron chi connectivity index (χ0n) is 23.7. The number of anilines is 4. The molecule has 0 aromatic heterocycles. The van der Waals surface area contributed by atoms with E-state index in [2.05, 4.69) is 10.2 Å². The number of thioether (sulfide) groups is 1. The summed E-state index contributed by atoms with van der Waals surface area (Å²) in [5.41, 5.74) is 3.35. The Balaban J connectivity index is 1.58. The molecular weight excluding hydrogens is 574 g/mol. The molecule has 1 N–H and O–H groups in total. The highest BCUT2D eigenvalue weighted by atomic mass is 32.2. The van der Waals surface area contributed by atoms with Gasteiger partial charge in [-0.25, -0.2) is 0 Å². The average Bonchev–Trinajstić information content (AvgIpc) is 3.25. The molecule has 218 valence electrons. The number of carbonyl (C=O) groups excluding carboxylic acids is 2. The van der Waals surface area contributed by atoms with Crippen LogP contribution in [0.25, 0.3) is 6.08 Å². The molecule has 0 aliphatic carbocycles. The summed E-state index contributed by atoms with van der Waals surface area (Å²) in [5, 5.41) is 13.7. The summed E-state index contributed by atoms with van der Waals surface area (Å²) in [6.45, 7) is 5.29. The second-order valence-corrected chi connectivity index (χ2v) is 11.1. The van der Waals surface area contributed by atoms with Crippen LogP contribution in [-0.2, 0) is 9.59 Å². The molecule has 0 saturated carbocycles. The maximum absolute atomic E-state index is 13.4. The minimum absolute atomic E-state index is 0.131. The van der Waals surface area contributed by atoms with Crippen LogP contribution < -0.4 is 24.8 Å². The number of nitro benzene ring substituents is 1. The number of hydrogen-bond donors (Lipinski definition) is 1. The summed E-state index contributed by atoms with van der Waals surface area (Å²) in [7, 11) is 3.89. The number of nitrogens with zero attached hydrogens (tertiary/aromatic N) is 4. The second-order valence-electron chi connectivity index (χ2n) is 9.47. The Hall–Kier alpha value is -4.42. The highest BCUT2D eigenvalue weighted by Gasteiger charge is 2.33. The van der Waals surface area contributed by atoms with E-state index in [4.69, 9.17) is 17.0 Å². The molecule has 1 saturated heterocycles. The molecule has 2 amide bonds. The molecule has 42 heavy (non-hydrogen) atoms. The predicted molar refractivity (Wildman–Crippen MR) is 174 cm³/mol.